The molecule has 1 rings (SSSR count). The molecule has 0 aliphatic rings. The Morgan fingerprint density at radius 1 is 1.25 bits per heavy atom. The molecule has 0 radical (unpaired) electrons. The van der Waals surface area contributed by atoms with Gasteiger partial charge in [-0.25, -0.2) is 0 Å². The first-order chi connectivity index (χ1) is 5.70. The van der Waals surface area contributed by atoms with E-state index in [9.17, 15) is 9.59 Å². The van der Waals surface area contributed by atoms with Crippen molar-refractivity contribution in [2.45, 2.75) is 0 Å². The van der Waals surface area contributed by atoms with Crippen molar-refractivity contribution in [2.24, 2.45) is 4.99 Å². The second kappa shape index (κ2) is 3.00. The lowest BCUT2D eigenvalue weighted by Gasteiger charge is -1.94. The van der Waals surface area contributed by atoms with Crippen molar-refractivity contribution in [3.05, 3.63) is 32.8 Å². The summed E-state index contributed by atoms with van der Waals surface area (Å²) in [5.74, 6) is 0. The van der Waals surface area contributed by atoms with Crippen LogP contribution in [0.2, 0.25) is 0 Å². The van der Waals surface area contributed by atoms with Crippen LogP contribution < -0.4 is 11.1 Å². The van der Waals surface area contributed by atoms with E-state index in [-0.39, 0.29) is 11.3 Å². The lowest BCUT2D eigenvalue weighted by Crippen LogP contribution is -2.20. The van der Waals surface area contributed by atoms with Crippen LogP contribution >= 0.6 is 0 Å². The highest BCUT2D eigenvalue weighted by atomic mass is 16.1. The van der Waals surface area contributed by atoms with Crippen LogP contribution in [0.25, 0.3) is 6.08 Å². The van der Waals surface area contributed by atoms with E-state index in [0.717, 1.165) is 0 Å². The maximum absolute atomic E-state index is 11.0. The van der Waals surface area contributed by atoms with Crippen molar-refractivity contribution in [1.29, 1.82) is 0 Å². The first-order valence-corrected chi connectivity index (χ1v) is 3.15. The number of aromatic nitrogens is 2. The number of hydrogen-bond donors (Lipinski definition) is 2. The molecule has 0 atom stereocenters. The number of nitrogens with zero attached hydrogens (tertiary/aromatic N) is 1. The van der Waals surface area contributed by atoms with E-state index < -0.39 is 11.1 Å². The van der Waals surface area contributed by atoms with E-state index in [1.807, 2.05) is 0 Å². The van der Waals surface area contributed by atoms with E-state index in [1.165, 1.54) is 6.08 Å². The van der Waals surface area contributed by atoms with Gasteiger partial charge in [-0.05, 0) is 6.72 Å². The van der Waals surface area contributed by atoms with Gasteiger partial charge in [0.05, 0.1) is 5.56 Å². The Kier molecular flexibility index (Phi) is 2.05. The molecule has 0 aliphatic carbocycles. The van der Waals surface area contributed by atoms with Crippen LogP contribution in [0.15, 0.2) is 21.2 Å². The second-order valence-corrected chi connectivity index (χ2v) is 2.03. The zero-order valence-electron chi connectivity index (χ0n) is 6.26. The van der Waals surface area contributed by atoms with E-state index in [2.05, 4.69) is 28.5 Å². The average Bonchev–Trinajstić information content (AvgIpc) is 2.08. The van der Waals surface area contributed by atoms with Crippen LogP contribution in [0.1, 0.15) is 5.56 Å². The Hall–Kier alpha value is -1.91. The van der Waals surface area contributed by atoms with Crippen molar-refractivity contribution in [3.63, 3.8) is 0 Å². The number of aromatic amines is 2. The molecule has 0 aromatic carbocycles. The van der Waals surface area contributed by atoms with Gasteiger partial charge in [0.2, 0.25) is 0 Å². The molecule has 0 bridgehead atoms. The van der Waals surface area contributed by atoms with Crippen LogP contribution in [0, 0.1) is 0 Å². The number of rotatable bonds is 2. The van der Waals surface area contributed by atoms with Gasteiger partial charge in [-0.1, -0.05) is 12.7 Å². The maximum Gasteiger partial charge on any atom is 0.289 e. The standard InChI is InChI=1S/C7H7N3O2/c1-3-4-5(8-2)7(12)10-9-6(4)11/h3H,1-2H2,(H,9,11)(H,10,12). The molecular formula is C7H7N3O2. The van der Waals surface area contributed by atoms with Gasteiger partial charge < -0.3 is 0 Å². The highest BCUT2D eigenvalue weighted by molar-refractivity contribution is 5.62. The summed E-state index contributed by atoms with van der Waals surface area (Å²) in [5, 5.41) is 4.26. The van der Waals surface area contributed by atoms with Crippen molar-refractivity contribution in [2.75, 3.05) is 0 Å². The molecule has 1 heterocycles. The molecule has 0 amide bonds. The molecule has 2 N–H and O–H groups in total. The van der Waals surface area contributed by atoms with Crippen LogP contribution in [-0.2, 0) is 0 Å². The molecule has 0 unspecified atom stereocenters. The van der Waals surface area contributed by atoms with Crippen LogP contribution in [0.5, 0.6) is 0 Å². The minimum Gasteiger partial charge on any atom is -0.267 e. The monoisotopic (exact) mass is 165 g/mol. The third kappa shape index (κ3) is 1.12. The third-order valence-electron chi connectivity index (χ3n) is 1.37. The van der Waals surface area contributed by atoms with Gasteiger partial charge in [-0.15, -0.1) is 0 Å². The summed E-state index contributed by atoms with van der Waals surface area (Å²) in [6.45, 7) is 6.55. The molecule has 1 aromatic rings. The molecule has 0 fully saturated rings. The van der Waals surface area contributed by atoms with Gasteiger partial charge in [-0.3, -0.25) is 24.8 Å². The summed E-state index contributed by atoms with van der Waals surface area (Å²) in [7, 11) is 0. The Morgan fingerprint density at radius 2 is 1.83 bits per heavy atom. The average molecular weight is 165 g/mol. The SMILES string of the molecule is C=Cc1c(N=C)c(=O)[nH][nH]c1=O. The van der Waals surface area contributed by atoms with Crippen molar-refractivity contribution >= 4 is 18.5 Å². The Balaban J connectivity index is 3.72. The molecular weight excluding hydrogens is 158 g/mol. The summed E-state index contributed by atoms with van der Waals surface area (Å²) in [5.41, 5.74) is -0.797. The van der Waals surface area contributed by atoms with Crippen molar-refractivity contribution < 1.29 is 0 Å². The quantitative estimate of drug-likeness (QED) is 0.607. The number of hydrogen-bond acceptors (Lipinski definition) is 3. The lowest BCUT2D eigenvalue weighted by atomic mass is 10.2. The van der Waals surface area contributed by atoms with Crippen LogP contribution in [-0.4, -0.2) is 16.9 Å². The van der Waals surface area contributed by atoms with E-state index in [1.54, 1.807) is 0 Å². The topological polar surface area (TPSA) is 78.1 Å². The second-order valence-electron chi connectivity index (χ2n) is 2.03. The summed E-state index contributed by atoms with van der Waals surface area (Å²) in [4.78, 5) is 25.4. The molecule has 0 saturated carbocycles. The molecule has 0 aliphatic heterocycles. The Bertz CT molecular complexity index is 386. The lowest BCUT2D eigenvalue weighted by molar-refractivity contribution is 0.947. The molecule has 0 saturated heterocycles. The van der Waals surface area contributed by atoms with E-state index in [0.29, 0.717) is 0 Å². The summed E-state index contributed by atoms with van der Waals surface area (Å²) < 4.78 is 0. The fraction of sp³-hybridized carbons (Fsp3) is 0. The maximum atomic E-state index is 11.0. The highest BCUT2D eigenvalue weighted by Crippen LogP contribution is 2.06. The predicted molar refractivity (Wildman–Crippen MR) is 47.0 cm³/mol. The third-order valence-corrected chi connectivity index (χ3v) is 1.37. The summed E-state index contributed by atoms with van der Waals surface area (Å²) >= 11 is 0. The van der Waals surface area contributed by atoms with Gasteiger partial charge in [0.25, 0.3) is 11.1 Å². The van der Waals surface area contributed by atoms with E-state index in [4.69, 9.17) is 0 Å². The zero-order valence-corrected chi connectivity index (χ0v) is 6.26. The fourth-order valence-corrected chi connectivity index (χ4v) is 0.816. The highest BCUT2D eigenvalue weighted by Gasteiger charge is 2.05. The van der Waals surface area contributed by atoms with Gasteiger partial charge >= 0.3 is 0 Å². The molecule has 12 heavy (non-hydrogen) atoms. The first kappa shape index (κ1) is 8.19. The van der Waals surface area contributed by atoms with Gasteiger partial charge in [0.15, 0.2) is 0 Å². The normalized spacial score (nSPS) is 9.33. The number of H-pyrrole nitrogens is 2. The van der Waals surface area contributed by atoms with Crippen LogP contribution in [0.3, 0.4) is 0 Å². The first-order valence-electron chi connectivity index (χ1n) is 3.15. The number of nitrogens with one attached hydrogen (secondary N) is 2. The smallest absolute Gasteiger partial charge is 0.267 e. The van der Waals surface area contributed by atoms with Crippen molar-refractivity contribution in [1.82, 2.24) is 10.2 Å². The van der Waals surface area contributed by atoms with Crippen LogP contribution in [0.4, 0.5) is 5.69 Å². The minimum atomic E-state index is -0.487. The molecule has 5 nitrogen and oxygen atoms in total. The summed E-state index contributed by atoms with van der Waals surface area (Å²) in [6.07, 6.45) is 1.26. The molecule has 62 valence electrons. The van der Waals surface area contributed by atoms with Gasteiger partial charge in [-0.2, -0.15) is 0 Å². The zero-order chi connectivity index (χ0) is 9.14. The number of aliphatic imine (C=N–C) groups is 1. The summed E-state index contributed by atoms with van der Waals surface area (Å²) in [6, 6.07) is 0. The predicted octanol–water partition coefficient (Wildman–Crippen LogP) is 0.0383. The molecule has 0 spiro atoms. The van der Waals surface area contributed by atoms with E-state index >= 15 is 0 Å². The van der Waals surface area contributed by atoms with Gasteiger partial charge in [0, 0.05) is 0 Å². The van der Waals surface area contributed by atoms with Crippen molar-refractivity contribution in [3.8, 4) is 0 Å². The minimum absolute atomic E-state index is 0.00579. The molecule has 1 aromatic heterocycles. The Morgan fingerprint density at radius 3 is 2.25 bits per heavy atom. The fourth-order valence-electron chi connectivity index (χ4n) is 0.816. The Labute approximate surface area is 67.5 Å². The largest absolute Gasteiger partial charge is 0.289 e. The van der Waals surface area contributed by atoms with Gasteiger partial charge in [0.1, 0.15) is 5.69 Å². The molecule has 5 heteroatoms.